The molecule has 0 aromatic heterocycles. The smallest absolute Gasteiger partial charge is 0.399 e. The number of hydrogen-bond donors (Lipinski definition) is 0. The van der Waals surface area contributed by atoms with Crippen molar-refractivity contribution in [1.29, 1.82) is 0 Å². The highest BCUT2D eigenvalue weighted by Gasteiger charge is 2.53. The molecule has 5 heteroatoms. The van der Waals surface area contributed by atoms with E-state index in [0.29, 0.717) is 6.42 Å². The van der Waals surface area contributed by atoms with Crippen molar-refractivity contribution in [2.24, 2.45) is 0 Å². The molecule has 0 amide bonds. The van der Waals surface area contributed by atoms with Crippen LogP contribution in [0.15, 0.2) is 66.8 Å². The molecule has 0 aliphatic carbocycles. The number of benzene rings is 2. The summed E-state index contributed by atoms with van der Waals surface area (Å²) in [6.07, 6.45) is 0.00633. The molecule has 2 aromatic rings. The second-order valence-corrected chi connectivity index (χ2v) is 7.33. The van der Waals surface area contributed by atoms with Crippen molar-refractivity contribution in [2.45, 2.75) is 44.8 Å². The standard InChI is InChI=1S/C21H23BF2O2/c1-20(2)21(3,15-7-10-19(23)24)26-22(25-20)18-13-11-17(12-14-18)16-8-5-4-6-9-16/h4-6,8-14H,7,15H2,1-3H3. The molecule has 1 aliphatic rings. The first-order valence-corrected chi connectivity index (χ1v) is 8.83. The molecule has 1 fully saturated rings. The highest BCUT2D eigenvalue weighted by atomic mass is 19.3. The summed E-state index contributed by atoms with van der Waals surface area (Å²) in [5.74, 6) is 0. The molecule has 136 valence electrons. The third kappa shape index (κ3) is 3.89. The summed E-state index contributed by atoms with van der Waals surface area (Å²) >= 11 is 0. The average molecular weight is 356 g/mol. The van der Waals surface area contributed by atoms with Gasteiger partial charge < -0.3 is 9.31 Å². The summed E-state index contributed by atoms with van der Waals surface area (Å²) in [4.78, 5) is 0. The first-order valence-electron chi connectivity index (χ1n) is 8.83. The van der Waals surface area contributed by atoms with Gasteiger partial charge in [0.15, 0.2) is 0 Å². The molecule has 0 saturated carbocycles. The van der Waals surface area contributed by atoms with Crippen LogP contribution < -0.4 is 5.46 Å². The van der Waals surface area contributed by atoms with E-state index in [4.69, 9.17) is 9.31 Å². The van der Waals surface area contributed by atoms with E-state index in [9.17, 15) is 8.78 Å². The van der Waals surface area contributed by atoms with Crippen molar-refractivity contribution in [1.82, 2.24) is 0 Å². The van der Waals surface area contributed by atoms with E-state index in [1.807, 2.05) is 63.2 Å². The summed E-state index contributed by atoms with van der Waals surface area (Å²) in [7, 11) is -0.501. The molecular weight excluding hydrogens is 333 g/mol. The van der Waals surface area contributed by atoms with Crippen LogP contribution in [0.3, 0.4) is 0 Å². The first kappa shape index (κ1) is 18.8. The molecule has 0 N–H and O–H groups in total. The van der Waals surface area contributed by atoms with Crippen molar-refractivity contribution in [3.05, 3.63) is 66.8 Å². The lowest BCUT2D eigenvalue weighted by Gasteiger charge is -2.36. The van der Waals surface area contributed by atoms with E-state index >= 15 is 0 Å². The van der Waals surface area contributed by atoms with Crippen LogP contribution in [0.25, 0.3) is 11.1 Å². The van der Waals surface area contributed by atoms with E-state index in [1.165, 1.54) is 0 Å². The largest absolute Gasteiger partial charge is 0.494 e. The SMILES string of the molecule is CC1(C)OB(c2ccc(-c3ccccc3)cc2)OC1(C)CCC=C(F)F. The van der Waals surface area contributed by atoms with Crippen LogP contribution in [-0.2, 0) is 9.31 Å². The minimum absolute atomic E-state index is 0.255. The fraction of sp³-hybridized carbons (Fsp3) is 0.333. The molecular formula is C21H23BF2O2. The summed E-state index contributed by atoms with van der Waals surface area (Å²) in [5, 5.41) is 0. The van der Waals surface area contributed by atoms with E-state index < -0.39 is 24.4 Å². The lowest BCUT2D eigenvalue weighted by molar-refractivity contribution is -0.0149. The van der Waals surface area contributed by atoms with E-state index in [0.717, 1.165) is 22.7 Å². The zero-order valence-corrected chi connectivity index (χ0v) is 15.3. The Balaban J connectivity index is 1.75. The van der Waals surface area contributed by atoms with Gasteiger partial charge in [-0.05, 0) is 56.3 Å². The molecule has 26 heavy (non-hydrogen) atoms. The van der Waals surface area contributed by atoms with Gasteiger partial charge in [0.05, 0.1) is 11.2 Å². The monoisotopic (exact) mass is 356 g/mol. The molecule has 1 unspecified atom stereocenters. The predicted molar refractivity (Wildman–Crippen MR) is 101 cm³/mol. The van der Waals surface area contributed by atoms with Gasteiger partial charge in [0.1, 0.15) is 0 Å². The molecule has 0 radical (unpaired) electrons. The van der Waals surface area contributed by atoms with Gasteiger partial charge in [0, 0.05) is 0 Å². The predicted octanol–water partition coefficient (Wildman–Crippen LogP) is 5.19. The zero-order chi connectivity index (χ0) is 18.8. The molecule has 1 saturated heterocycles. The van der Waals surface area contributed by atoms with Gasteiger partial charge in [0.2, 0.25) is 0 Å². The number of rotatable bonds is 5. The van der Waals surface area contributed by atoms with Crippen LogP contribution in [0.4, 0.5) is 8.78 Å². The Morgan fingerprint density at radius 1 is 0.923 bits per heavy atom. The van der Waals surface area contributed by atoms with Crippen molar-refractivity contribution >= 4 is 12.6 Å². The summed E-state index contributed by atoms with van der Waals surface area (Å²) in [6, 6.07) is 18.2. The van der Waals surface area contributed by atoms with Crippen molar-refractivity contribution in [2.75, 3.05) is 0 Å². The number of hydrogen-bond acceptors (Lipinski definition) is 2. The maximum absolute atomic E-state index is 12.3. The summed E-state index contributed by atoms with van der Waals surface area (Å²) < 4.78 is 37.0. The molecule has 1 atom stereocenters. The number of allylic oxidation sites excluding steroid dienone is 1. The Kier molecular flexibility index (Phi) is 5.30. The van der Waals surface area contributed by atoms with Crippen LogP contribution in [0, 0.1) is 0 Å². The van der Waals surface area contributed by atoms with Crippen LogP contribution in [0.5, 0.6) is 0 Å². The Labute approximate surface area is 154 Å². The fourth-order valence-corrected chi connectivity index (χ4v) is 3.21. The van der Waals surface area contributed by atoms with Gasteiger partial charge >= 0.3 is 7.12 Å². The van der Waals surface area contributed by atoms with Crippen LogP contribution >= 0.6 is 0 Å². The zero-order valence-electron chi connectivity index (χ0n) is 15.3. The third-order valence-corrected chi connectivity index (χ3v) is 5.25. The maximum Gasteiger partial charge on any atom is 0.494 e. The minimum atomic E-state index is -1.65. The van der Waals surface area contributed by atoms with Gasteiger partial charge in [-0.25, -0.2) is 0 Å². The lowest BCUT2D eigenvalue weighted by atomic mass is 9.78. The molecule has 0 spiro atoms. The molecule has 1 heterocycles. The van der Waals surface area contributed by atoms with Gasteiger partial charge in [-0.2, -0.15) is 8.78 Å². The second kappa shape index (κ2) is 7.33. The Bertz CT molecular complexity index is 770. The lowest BCUT2D eigenvalue weighted by Crippen LogP contribution is -2.44. The van der Waals surface area contributed by atoms with E-state index in [2.05, 4.69) is 12.1 Å². The average Bonchev–Trinajstić information content (AvgIpc) is 2.85. The quantitative estimate of drug-likeness (QED) is 0.686. The van der Waals surface area contributed by atoms with Gasteiger partial charge in [0.25, 0.3) is 6.08 Å². The first-order chi connectivity index (χ1) is 12.3. The Morgan fingerprint density at radius 2 is 1.54 bits per heavy atom. The third-order valence-electron chi connectivity index (χ3n) is 5.25. The number of halogens is 2. The van der Waals surface area contributed by atoms with Crippen molar-refractivity contribution < 1.29 is 18.1 Å². The minimum Gasteiger partial charge on any atom is -0.399 e. The molecule has 0 bridgehead atoms. The van der Waals surface area contributed by atoms with Gasteiger partial charge in [-0.3, -0.25) is 0 Å². The summed E-state index contributed by atoms with van der Waals surface area (Å²) in [6.45, 7) is 5.82. The van der Waals surface area contributed by atoms with Gasteiger partial charge in [-0.1, -0.05) is 54.6 Å². The van der Waals surface area contributed by atoms with E-state index in [-0.39, 0.29) is 6.42 Å². The van der Waals surface area contributed by atoms with Crippen molar-refractivity contribution in [3.8, 4) is 11.1 Å². The molecule has 3 rings (SSSR count). The van der Waals surface area contributed by atoms with Crippen LogP contribution in [0.1, 0.15) is 33.6 Å². The van der Waals surface area contributed by atoms with Crippen LogP contribution in [-0.4, -0.2) is 18.3 Å². The second-order valence-electron chi connectivity index (χ2n) is 7.33. The summed E-state index contributed by atoms with van der Waals surface area (Å²) in [5.41, 5.74) is 1.99. The van der Waals surface area contributed by atoms with E-state index in [1.54, 1.807) is 0 Å². The van der Waals surface area contributed by atoms with Crippen LogP contribution in [0.2, 0.25) is 0 Å². The highest BCUT2D eigenvalue weighted by molar-refractivity contribution is 6.62. The molecule has 2 aromatic carbocycles. The molecule has 2 nitrogen and oxygen atoms in total. The highest BCUT2D eigenvalue weighted by Crippen LogP contribution is 2.40. The Hall–Kier alpha value is -1.98. The van der Waals surface area contributed by atoms with Crippen molar-refractivity contribution in [3.63, 3.8) is 0 Å². The molecule has 1 aliphatic heterocycles. The fourth-order valence-electron chi connectivity index (χ4n) is 3.21. The van der Waals surface area contributed by atoms with Gasteiger partial charge in [-0.15, -0.1) is 0 Å². The topological polar surface area (TPSA) is 18.5 Å². The normalized spacial score (nSPS) is 21.7. The maximum atomic E-state index is 12.3. The Morgan fingerprint density at radius 3 is 2.15 bits per heavy atom.